The summed E-state index contributed by atoms with van der Waals surface area (Å²) in [5, 5.41) is 10.0. The minimum absolute atomic E-state index is 0.478. The standard InChI is InChI=1S/C16H26OS/c1-4-5-6-7-8-9-10-14-12-11-13(2)15(17)16(14)18-3/h11-12,17H,4-10H2,1-3H3. The molecule has 1 nitrogen and oxygen atoms in total. The molecule has 0 heterocycles. The maximum atomic E-state index is 10.0. The van der Waals surface area contributed by atoms with Crippen LogP contribution in [0, 0.1) is 6.92 Å². The van der Waals surface area contributed by atoms with E-state index >= 15 is 0 Å². The molecule has 0 aliphatic rings. The Labute approximate surface area is 116 Å². The summed E-state index contributed by atoms with van der Waals surface area (Å²) >= 11 is 1.66. The van der Waals surface area contributed by atoms with Gasteiger partial charge in [-0.1, -0.05) is 51.2 Å². The van der Waals surface area contributed by atoms with Gasteiger partial charge in [-0.25, -0.2) is 0 Å². The molecular formula is C16H26OS. The average Bonchev–Trinajstić information content (AvgIpc) is 2.38. The second-order valence-corrected chi connectivity index (χ2v) is 5.76. The molecule has 0 fully saturated rings. The number of aryl methyl sites for hydroxylation is 2. The first-order valence-corrected chi connectivity index (χ1v) is 8.28. The summed E-state index contributed by atoms with van der Waals surface area (Å²) in [6, 6.07) is 4.20. The Hall–Kier alpha value is -0.630. The van der Waals surface area contributed by atoms with Gasteiger partial charge in [0.05, 0.1) is 4.90 Å². The highest BCUT2D eigenvalue weighted by Crippen LogP contribution is 2.34. The monoisotopic (exact) mass is 266 g/mol. The second kappa shape index (κ2) is 8.47. The number of phenols is 1. The minimum Gasteiger partial charge on any atom is -0.506 e. The summed E-state index contributed by atoms with van der Waals surface area (Å²) in [6.07, 6.45) is 11.1. The molecule has 0 unspecified atom stereocenters. The van der Waals surface area contributed by atoms with Crippen LogP contribution in [-0.4, -0.2) is 11.4 Å². The van der Waals surface area contributed by atoms with E-state index in [-0.39, 0.29) is 0 Å². The average molecular weight is 266 g/mol. The van der Waals surface area contributed by atoms with E-state index in [9.17, 15) is 5.11 Å². The third-order valence-electron chi connectivity index (χ3n) is 3.42. The molecule has 0 aliphatic carbocycles. The van der Waals surface area contributed by atoms with E-state index in [2.05, 4.69) is 13.0 Å². The number of aromatic hydroxyl groups is 1. The first-order valence-electron chi connectivity index (χ1n) is 7.06. The van der Waals surface area contributed by atoms with Gasteiger partial charge in [-0.05, 0) is 37.1 Å². The number of hydrogen-bond acceptors (Lipinski definition) is 2. The quantitative estimate of drug-likeness (QED) is 0.507. The van der Waals surface area contributed by atoms with Crippen molar-refractivity contribution in [2.24, 2.45) is 0 Å². The van der Waals surface area contributed by atoms with Crippen LogP contribution in [0.15, 0.2) is 17.0 Å². The van der Waals surface area contributed by atoms with E-state index in [1.54, 1.807) is 11.8 Å². The third-order valence-corrected chi connectivity index (χ3v) is 4.28. The molecule has 1 aromatic rings. The Morgan fingerprint density at radius 2 is 1.72 bits per heavy atom. The lowest BCUT2D eigenvalue weighted by Crippen LogP contribution is -1.91. The summed E-state index contributed by atoms with van der Waals surface area (Å²) < 4.78 is 0. The fourth-order valence-corrected chi connectivity index (χ4v) is 3.02. The molecule has 18 heavy (non-hydrogen) atoms. The molecule has 102 valence electrons. The van der Waals surface area contributed by atoms with Crippen molar-refractivity contribution >= 4 is 11.8 Å². The van der Waals surface area contributed by atoms with E-state index < -0.39 is 0 Å². The summed E-state index contributed by atoms with van der Waals surface area (Å²) in [7, 11) is 0. The van der Waals surface area contributed by atoms with Crippen LogP contribution in [-0.2, 0) is 6.42 Å². The number of rotatable bonds is 8. The van der Waals surface area contributed by atoms with Crippen LogP contribution in [0.25, 0.3) is 0 Å². The third kappa shape index (κ3) is 4.56. The first-order chi connectivity index (χ1) is 8.70. The van der Waals surface area contributed by atoms with Crippen molar-refractivity contribution in [2.75, 3.05) is 6.26 Å². The van der Waals surface area contributed by atoms with Crippen LogP contribution < -0.4 is 0 Å². The first kappa shape index (κ1) is 15.4. The van der Waals surface area contributed by atoms with Gasteiger partial charge in [0.15, 0.2) is 0 Å². The lowest BCUT2D eigenvalue weighted by atomic mass is 10.0. The number of thioether (sulfide) groups is 1. The zero-order chi connectivity index (χ0) is 13.4. The van der Waals surface area contributed by atoms with E-state index in [4.69, 9.17) is 0 Å². The predicted octanol–water partition coefficient (Wildman–Crippen LogP) is 5.33. The van der Waals surface area contributed by atoms with Gasteiger partial charge in [-0.3, -0.25) is 0 Å². The van der Waals surface area contributed by atoms with Crippen molar-refractivity contribution in [2.45, 2.75) is 63.7 Å². The maximum Gasteiger partial charge on any atom is 0.132 e. The highest BCUT2D eigenvalue weighted by Gasteiger charge is 2.09. The summed E-state index contributed by atoms with van der Waals surface area (Å²) in [6.45, 7) is 4.21. The molecule has 1 rings (SSSR count). The molecule has 0 bridgehead atoms. The molecule has 0 spiro atoms. The van der Waals surface area contributed by atoms with Crippen molar-refractivity contribution in [3.63, 3.8) is 0 Å². The Balaban J connectivity index is 2.45. The molecule has 0 saturated carbocycles. The number of unbranched alkanes of at least 4 members (excludes halogenated alkanes) is 5. The normalized spacial score (nSPS) is 10.8. The molecule has 0 amide bonds. The fraction of sp³-hybridized carbons (Fsp3) is 0.625. The largest absolute Gasteiger partial charge is 0.506 e. The van der Waals surface area contributed by atoms with Crippen LogP contribution >= 0.6 is 11.8 Å². The molecular weight excluding hydrogens is 240 g/mol. The molecule has 1 aromatic carbocycles. The zero-order valence-corrected chi connectivity index (χ0v) is 12.8. The molecule has 0 saturated heterocycles. The van der Waals surface area contributed by atoms with E-state index in [1.165, 1.54) is 44.1 Å². The Morgan fingerprint density at radius 3 is 2.39 bits per heavy atom. The maximum absolute atomic E-state index is 10.0. The predicted molar refractivity (Wildman–Crippen MR) is 81.7 cm³/mol. The summed E-state index contributed by atoms with van der Waals surface area (Å²) in [5.74, 6) is 0.478. The molecule has 1 N–H and O–H groups in total. The molecule has 0 atom stereocenters. The topological polar surface area (TPSA) is 20.2 Å². The number of benzene rings is 1. The van der Waals surface area contributed by atoms with Crippen LogP contribution in [0.3, 0.4) is 0 Å². The second-order valence-electron chi connectivity index (χ2n) is 4.94. The van der Waals surface area contributed by atoms with Crippen molar-refractivity contribution in [1.29, 1.82) is 0 Å². The van der Waals surface area contributed by atoms with Gasteiger partial charge < -0.3 is 5.11 Å². The zero-order valence-electron chi connectivity index (χ0n) is 12.0. The summed E-state index contributed by atoms with van der Waals surface area (Å²) in [4.78, 5) is 1.07. The fourth-order valence-electron chi connectivity index (χ4n) is 2.23. The highest BCUT2D eigenvalue weighted by molar-refractivity contribution is 7.98. The van der Waals surface area contributed by atoms with E-state index in [0.29, 0.717) is 5.75 Å². The highest BCUT2D eigenvalue weighted by atomic mass is 32.2. The lowest BCUT2D eigenvalue weighted by molar-refractivity contribution is 0.456. The Bertz CT molecular complexity index is 360. The molecule has 2 heteroatoms. The summed E-state index contributed by atoms with van der Waals surface area (Å²) in [5.41, 5.74) is 2.28. The SMILES string of the molecule is CCCCCCCCc1ccc(C)c(O)c1SC. The molecule has 0 radical (unpaired) electrons. The van der Waals surface area contributed by atoms with Gasteiger partial charge in [0.25, 0.3) is 0 Å². The Kier molecular flexibility index (Phi) is 7.26. The van der Waals surface area contributed by atoms with Gasteiger partial charge in [-0.15, -0.1) is 11.8 Å². The van der Waals surface area contributed by atoms with Gasteiger partial charge in [-0.2, -0.15) is 0 Å². The van der Waals surface area contributed by atoms with Gasteiger partial charge >= 0.3 is 0 Å². The molecule has 0 aromatic heterocycles. The van der Waals surface area contributed by atoms with E-state index in [0.717, 1.165) is 16.9 Å². The minimum atomic E-state index is 0.478. The van der Waals surface area contributed by atoms with Crippen molar-refractivity contribution in [3.05, 3.63) is 23.3 Å². The van der Waals surface area contributed by atoms with Crippen LogP contribution in [0.4, 0.5) is 0 Å². The Morgan fingerprint density at radius 1 is 1.06 bits per heavy atom. The lowest BCUT2D eigenvalue weighted by Gasteiger charge is -2.11. The van der Waals surface area contributed by atoms with Gasteiger partial charge in [0.2, 0.25) is 0 Å². The van der Waals surface area contributed by atoms with Crippen LogP contribution in [0.5, 0.6) is 5.75 Å². The number of hydrogen-bond donors (Lipinski definition) is 1. The van der Waals surface area contributed by atoms with Crippen LogP contribution in [0.1, 0.15) is 56.6 Å². The van der Waals surface area contributed by atoms with Crippen molar-refractivity contribution in [1.82, 2.24) is 0 Å². The van der Waals surface area contributed by atoms with E-state index in [1.807, 2.05) is 19.2 Å². The molecule has 0 aliphatic heterocycles. The smallest absolute Gasteiger partial charge is 0.132 e. The van der Waals surface area contributed by atoms with Gasteiger partial charge in [0, 0.05) is 0 Å². The van der Waals surface area contributed by atoms with Crippen molar-refractivity contribution in [3.8, 4) is 5.75 Å². The van der Waals surface area contributed by atoms with Crippen LogP contribution in [0.2, 0.25) is 0 Å². The van der Waals surface area contributed by atoms with Crippen molar-refractivity contribution < 1.29 is 5.11 Å². The van der Waals surface area contributed by atoms with Gasteiger partial charge in [0.1, 0.15) is 5.75 Å². The number of phenolic OH excluding ortho intramolecular Hbond substituents is 1.